The van der Waals surface area contributed by atoms with Crippen molar-refractivity contribution in [1.82, 2.24) is 9.97 Å². The molecule has 0 spiro atoms. The van der Waals surface area contributed by atoms with Gasteiger partial charge in [0.25, 0.3) is 0 Å². The molecule has 0 saturated carbocycles. The average molecular weight is 403 g/mol. The Morgan fingerprint density at radius 1 is 1.07 bits per heavy atom. The number of nitrogens with two attached hydrogens (primary N) is 1. The van der Waals surface area contributed by atoms with E-state index in [1.165, 1.54) is 0 Å². The zero-order valence-electron chi connectivity index (χ0n) is 17.6. The zero-order valence-corrected chi connectivity index (χ0v) is 17.6. The minimum Gasteiger partial charge on any atom is -0.399 e. The molecule has 0 bridgehead atoms. The maximum absolute atomic E-state index is 12.6. The summed E-state index contributed by atoms with van der Waals surface area (Å²) >= 11 is 0. The molecule has 1 unspecified atom stereocenters. The highest BCUT2D eigenvalue weighted by molar-refractivity contribution is 6.05. The lowest BCUT2D eigenvalue weighted by atomic mass is 10.0. The summed E-state index contributed by atoms with van der Waals surface area (Å²) in [5.41, 5.74) is 11.1. The molecule has 1 aliphatic rings. The number of carbonyl (C=O) groups excluding carboxylic acids is 1. The number of amides is 1. The van der Waals surface area contributed by atoms with Crippen LogP contribution >= 0.6 is 0 Å². The molecule has 1 amide bonds. The van der Waals surface area contributed by atoms with Gasteiger partial charge in [0.15, 0.2) is 0 Å². The number of hydrogen-bond donors (Lipinski definition) is 2. The van der Waals surface area contributed by atoms with Crippen molar-refractivity contribution >= 4 is 34.6 Å². The molecule has 0 fully saturated rings. The number of likely N-dealkylation sites (N-methyl/N-ethyl adjacent to an activating group) is 1. The molecular weight excluding hydrogens is 376 g/mol. The summed E-state index contributed by atoms with van der Waals surface area (Å²) in [4.78, 5) is 25.5. The Labute approximate surface area is 176 Å². The number of nitrogens with zero attached hydrogens (tertiary/aromatic N) is 4. The van der Waals surface area contributed by atoms with Crippen molar-refractivity contribution in [3.05, 3.63) is 54.7 Å². The predicted molar refractivity (Wildman–Crippen MR) is 122 cm³/mol. The first-order valence-electron chi connectivity index (χ1n) is 10.0. The molecule has 3 aromatic rings. The lowest BCUT2D eigenvalue weighted by molar-refractivity contribution is -0.119. The molecule has 1 aromatic heterocycles. The third kappa shape index (κ3) is 3.54. The van der Waals surface area contributed by atoms with Gasteiger partial charge >= 0.3 is 0 Å². The fourth-order valence-corrected chi connectivity index (χ4v) is 3.91. The Kier molecular flexibility index (Phi) is 5.03. The van der Waals surface area contributed by atoms with E-state index in [1.54, 1.807) is 11.1 Å². The molecule has 154 valence electrons. The molecule has 4 rings (SSSR count). The number of rotatable bonds is 4. The standard InChI is InChI=1S/C23H26N6O/c1-14(2)29-15(3)22(30)28(4)20-10-9-18(13-21(20)29)26-23-25-12-11-19(27-23)16-5-7-17(24)8-6-16/h5-15H,24H2,1-4H3,(H,25,26,27). The van der Waals surface area contributed by atoms with Crippen LogP contribution in [0.5, 0.6) is 0 Å². The number of anilines is 5. The minimum atomic E-state index is -0.220. The molecule has 0 radical (unpaired) electrons. The molecule has 2 heterocycles. The van der Waals surface area contributed by atoms with Crippen molar-refractivity contribution < 1.29 is 4.79 Å². The van der Waals surface area contributed by atoms with Gasteiger partial charge in [-0.1, -0.05) is 12.1 Å². The van der Waals surface area contributed by atoms with Gasteiger partial charge in [0.05, 0.1) is 17.1 Å². The zero-order chi connectivity index (χ0) is 21.4. The topological polar surface area (TPSA) is 87.4 Å². The normalized spacial score (nSPS) is 16.0. The van der Waals surface area contributed by atoms with Crippen LogP contribution < -0.4 is 20.9 Å². The second-order valence-corrected chi connectivity index (χ2v) is 7.79. The van der Waals surface area contributed by atoms with Gasteiger partial charge in [0, 0.05) is 36.2 Å². The number of benzene rings is 2. The van der Waals surface area contributed by atoms with Crippen molar-refractivity contribution in [2.75, 3.05) is 27.9 Å². The summed E-state index contributed by atoms with van der Waals surface area (Å²) in [5, 5.41) is 3.30. The number of fused-ring (bicyclic) bond motifs is 1. The summed E-state index contributed by atoms with van der Waals surface area (Å²) in [6.45, 7) is 6.14. The second-order valence-electron chi connectivity index (χ2n) is 7.79. The Bertz CT molecular complexity index is 1080. The van der Waals surface area contributed by atoms with Crippen LogP contribution in [-0.4, -0.2) is 35.0 Å². The van der Waals surface area contributed by atoms with E-state index in [-0.39, 0.29) is 18.0 Å². The van der Waals surface area contributed by atoms with Gasteiger partial charge in [0.2, 0.25) is 11.9 Å². The minimum absolute atomic E-state index is 0.0939. The van der Waals surface area contributed by atoms with E-state index in [9.17, 15) is 4.79 Å². The van der Waals surface area contributed by atoms with Crippen LogP contribution in [0.15, 0.2) is 54.7 Å². The Morgan fingerprint density at radius 2 is 1.80 bits per heavy atom. The first-order valence-corrected chi connectivity index (χ1v) is 10.0. The Morgan fingerprint density at radius 3 is 2.50 bits per heavy atom. The van der Waals surface area contributed by atoms with E-state index in [1.807, 2.05) is 62.5 Å². The smallest absolute Gasteiger partial charge is 0.249 e. The van der Waals surface area contributed by atoms with Crippen LogP contribution in [0.4, 0.5) is 28.7 Å². The molecule has 30 heavy (non-hydrogen) atoms. The average Bonchev–Trinajstić information content (AvgIpc) is 2.73. The fourth-order valence-electron chi connectivity index (χ4n) is 3.91. The van der Waals surface area contributed by atoms with Crippen LogP contribution in [0.1, 0.15) is 20.8 Å². The van der Waals surface area contributed by atoms with Gasteiger partial charge in [-0.15, -0.1) is 0 Å². The van der Waals surface area contributed by atoms with E-state index in [4.69, 9.17) is 5.73 Å². The number of carbonyl (C=O) groups is 1. The van der Waals surface area contributed by atoms with Gasteiger partial charge in [-0.2, -0.15) is 0 Å². The fraction of sp³-hybridized carbons (Fsp3) is 0.261. The van der Waals surface area contributed by atoms with Gasteiger partial charge in [-0.3, -0.25) is 4.79 Å². The molecule has 1 aliphatic heterocycles. The number of aromatic nitrogens is 2. The van der Waals surface area contributed by atoms with Crippen LogP contribution in [0.2, 0.25) is 0 Å². The third-order valence-corrected chi connectivity index (χ3v) is 5.39. The maximum Gasteiger partial charge on any atom is 0.249 e. The molecule has 2 aromatic carbocycles. The molecule has 0 aliphatic carbocycles. The van der Waals surface area contributed by atoms with Crippen molar-refractivity contribution in [1.29, 1.82) is 0 Å². The highest BCUT2D eigenvalue weighted by atomic mass is 16.2. The Balaban J connectivity index is 1.66. The Hall–Kier alpha value is -3.61. The number of nitrogen functional groups attached to an aromatic ring is 1. The van der Waals surface area contributed by atoms with E-state index in [0.29, 0.717) is 11.6 Å². The van der Waals surface area contributed by atoms with Gasteiger partial charge < -0.3 is 20.9 Å². The molecule has 3 N–H and O–H groups in total. The van der Waals surface area contributed by atoms with E-state index < -0.39 is 0 Å². The lowest BCUT2D eigenvalue weighted by Gasteiger charge is -2.42. The summed E-state index contributed by atoms with van der Waals surface area (Å²) < 4.78 is 0. The van der Waals surface area contributed by atoms with Crippen LogP contribution in [-0.2, 0) is 4.79 Å². The van der Waals surface area contributed by atoms with E-state index in [0.717, 1.165) is 28.3 Å². The summed E-state index contributed by atoms with van der Waals surface area (Å²) in [6.07, 6.45) is 1.73. The monoisotopic (exact) mass is 402 g/mol. The van der Waals surface area contributed by atoms with Crippen LogP contribution in [0.3, 0.4) is 0 Å². The van der Waals surface area contributed by atoms with Crippen molar-refractivity contribution in [3.8, 4) is 11.3 Å². The first-order chi connectivity index (χ1) is 14.3. The van der Waals surface area contributed by atoms with Crippen LogP contribution in [0, 0.1) is 0 Å². The molecule has 1 atom stereocenters. The molecular formula is C23H26N6O. The third-order valence-electron chi connectivity index (χ3n) is 5.39. The maximum atomic E-state index is 12.6. The van der Waals surface area contributed by atoms with E-state index >= 15 is 0 Å². The van der Waals surface area contributed by atoms with E-state index in [2.05, 4.69) is 34.0 Å². The molecule has 7 heteroatoms. The largest absolute Gasteiger partial charge is 0.399 e. The SMILES string of the molecule is CC(C)N1c2cc(Nc3nccc(-c4ccc(N)cc4)n3)ccc2N(C)C(=O)C1C. The highest BCUT2D eigenvalue weighted by Gasteiger charge is 2.34. The predicted octanol–water partition coefficient (Wildman–Crippen LogP) is 4.05. The number of nitrogens with one attached hydrogen (secondary N) is 1. The summed E-state index contributed by atoms with van der Waals surface area (Å²) in [6, 6.07) is 15.4. The summed E-state index contributed by atoms with van der Waals surface area (Å²) in [5.74, 6) is 0.602. The van der Waals surface area contributed by atoms with Gasteiger partial charge in [0.1, 0.15) is 6.04 Å². The summed E-state index contributed by atoms with van der Waals surface area (Å²) in [7, 11) is 1.82. The van der Waals surface area contributed by atoms with Crippen molar-refractivity contribution in [3.63, 3.8) is 0 Å². The molecule has 7 nitrogen and oxygen atoms in total. The number of hydrogen-bond acceptors (Lipinski definition) is 6. The van der Waals surface area contributed by atoms with Crippen molar-refractivity contribution in [2.24, 2.45) is 0 Å². The lowest BCUT2D eigenvalue weighted by Crippen LogP contribution is -2.53. The van der Waals surface area contributed by atoms with Crippen molar-refractivity contribution in [2.45, 2.75) is 32.9 Å². The van der Waals surface area contributed by atoms with Gasteiger partial charge in [-0.05, 0) is 57.2 Å². The van der Waals surface area contributed by atoms with Gasteiger partial charge in [-0.25, -0.2) is 9.97 Å². The second kappa shape index (κ2) is 7.67. The molecule has 0 saturated heterocycles. The highest BCUT2D eigenvalue weighted by Crippen LogP contribution is 2.39. The first kappa shape index (κ1) is 19.7. The quantitative estimate of drug-likeness (QED) is 0.640. The van der Waals surface area contributed by atoms with Crippen LogP contribution in [0.25, 0.3) is 11.3 Å².